The van der Waals surface area contributed by atoms with Gasteiger partial charge in [-0.15, -0.1) is 0 Å². The molecule has 0 aromatic heterocycles. The molecule has 3 fully saturated rings. The first kappa shape index (κ1) is 19.3. The van der Waals surface area contributed by atoms with E-state index in [1.807, 2.05) is 13.8 Å². The van der Waals surface area contributed by atoms with E-state index < -0.39 is 6.17 Å². The molecule has 0 spiro atoms. The van der Waals surface area contributed by atoms with E-state index in [1.54, 1.807) is 0 Å². The maximum Gasteiger partial charge on any atom is 0.103 e. The second-order valence-electron chi connectivity index (χ2n) is 8.76. The van der Waals surface area contributed by atoms with Crippen LogP contribution in [0.3, 0.4) is 0 Å². The Morgan fingerprint density at radius 2 is 0.957 bits per heavy atom. The predicted octanol–water partition coefficient (Wildman–Crippen LogP) is 7.42. The van der Waals surface area contributed by atoms with Crippen LogP contribution in [-0.4, -0.2) is 6.17 Å². The van der Waals surface area contributed by atoms with Gasteiger partial charge in [0, 0.05) is 0 Å². The van der Waals surface area contributed by atoms with Crippen molar-refractivity contribution in [1.29, 1.82) is 0 Å². The average molecular weight is 325 g/mol. The molecule has 0 aromatic carbocycles. The Labute approximate surface area is 145 Å². The van der Waals surface area contributed by atoms with Gasteiger partial charge in [0.2, 0.25) is 0 Å². The Morgan fingerprint density at radius 1 is 0.565 bits per heavy atom. The van der Waals surface area contributed by atoms with Gasteiger partial charge in [0.15, 0.2) is 0 Å². The van der Waals surface area contributed by atoms with Crippen molar-refractivity contribution in [3.05, 3.63) is 0 Å². The molecular weight excluding hydrogens is 283 g/mol. The molecule has 0 radical (unpaired) electrons. The van der Waals surface area contributed by atoms with E-state index in [0.29, 0.717) is 11.8 Å². The molecule has 3 saturated carbocycles. The third-order valence-electron chi connectivity index (χ3n) is 7.35. The van der Waals surface area contributed by atoms with Gasteiger partial charge in [-0.3, -0.25) is 0 Å². The predicted molar refractivity (Wildman–Crippen MR) is 99.3 cm³/mol. The summed E-state index contributed by atoms with van der Waals surface area (Å²) in [5.41, 5.74) is 0. The standard InChI is InChI=1S/C20H35F.C2H6/c1-14-3-6-16(7-4-14)17-9-11-18(12-10-17)19-8-5-15(2)20(21)13-19;1-2/h14-20H,3-13H2,1-2H3;1-2H3. The Kier molecular flexibility index (Phi) is 7.89. The van der Waals surface area contributed by atoms with Crippen LogP contribution in [0, 0.1) is 35.5 Å². The maximum atomic E-state index is 14.0. The van der Waals surface area contributed by atoms with Gasteiger partial charge in [-0.05, 0) is 93.3 Å². The van der Waals surface area contributed by atoms with Gasteiger partial charge in [-0.2, -0.15) is 0 Å². The van der Waals surface area contributed by atoms with E-state index in [9.17, 15) is 4.39 Å². The summed E-state index contributed by atoms with van der Waals surface area (Å²) in [5, 5.41) is 0. The Morgan fingerprint density at radius 3 is 1.43 bits per heavy atom. The van der Waals surface area contributed by atoms with Crippen LogP contribution in [0.5, 0.6) is 0 Å². The lowest BCUT2D eigenvalue weighted by Gasteiger charge is -2.41. The fourth-order valence-corrected chi connectivity index (χ4v) is 5.57. The van der Waals surface area contributed by atoms with Gasteiger partial charge in [-0.1, -0.05) is 40.5 Å². The molecule has 3 unspecified atom stereocenters. The lowest BCUT2D eigenvalue weighted by atomic mass is 9.65. The number of rotatable bonds is 2. The minimum Gasteiger partial charge on any atom is -0.247 e. The first-order chi connectivity index (χ1) is 11.1. The molecule has 136 valence electrons. The van der Waals surface area contributed by atoms with E-state index in [-0.39, 0.29) is 0 Å². The summed E-state index contributed by atoms with van der Waals surface area (Å²) >= 11 is 0. The van der Waals surface area contributed by atoms with Crippen molar-refractivity contribution >= 4 is 0 Å². The molecule has 0 saturated heterocycles. The first-order valence-corrected chi connectivity index (χ1v) is 10.8. The van der Waals surface area contributed by atoms with Gasteiger partial charge >= 0.3 is 0 Å². The zero-order valence-corrected chi connectivity index (χ0v) is 16.2. The number of hydrogen-bond acceptors (Lipinski definition) is 0. The normalized spacial score (nSPS) is 45.0. The summed E-state index contributed by atoms with van der Waals surface area (Å²) in [7, 11) is 0. The summed E-state index contributed by atoms with van der Waals surface area (Å²) < 4.78 is 14.0. The van der Waals surface area contributed by atoms with Crippen molar-refractivity contribution in [3.8, 4) is 0 Å². The number of hydrogen-bond donors (Lipinski definition) is 0. The van der Waals surface area contributed by atoms with Crippen molar-refractivity contribution < 1.29 is 4.39 Å². The van der Waals surface area contributed by atoms with Crippen LogP contribution in [0.1, 0.15) is 98.3 Å². The first-order valence-electron chi connectivity index (χ1n) is 10.8. The zero-order valence-electron chi connectivity index (χ0n) is 16.2. The van der Waals surface area contributed by atoms with Crippen molar-refractivity contribution in [1.82, 2.24) is 0 Å². The molecule has 0 aromatic rings. The highest BCUT2D eigenvalue weighted by Crippen LogP contribution is 2.46. The molecule has 0 bridgehead atoms. The Hall–Kier alpha value is -0.0700. The third-order valence-corrected chi connectivity index (χ3v) is 7.35. The molecule has 0 heterocycles. The summed E-state index contributed by atoms with van der Waals surface area (Å²) in [5.74, 6) is 4.91. The molecule has 3 atom stereocenters. The largest absolute Gasteiger partial charge is 0.247 e. The number of alkyl halides is 1. The summed E-state index contributed by atoms with van der Waals surface area (Å²) in [4.78, 5) is 0. The molecule has 1 heteroatoms. The molecule has 0 nitrogen and oxygen atoms in total. The fourth-order valence-electron chi connectivity index (χ4n) is 5.57. The van der Waals surface area contributed by atoms with E-state index in [2.05, 4.69) is 13.8 Å². The van der Waals surface area contributed by atoms with Crippen LogP contribution in [0.2, 0.25) is 0 Å². The second-order valence-corrected chi connectivity index (χ2v) is 8.76. The monoisotopic (exact) mass is 324 g/mol. The molecule has 23 heavy (non-hydrogen) atoms. The van der Waals surface area contributed by atoms with Crippen LogP contribution in [0.4, 0.5) is 4.39 Å². The van der Waals surface area contributed by atoms with E-state index >= 15 is 0 Å². The van der Waals surface area contributed by atoms with Crippen LogP contribution in [0.15, 0.2) is 0 Å². The van der Waals surface area contributed by atoms with Gasteiger partial charge < -0.3 is 0 Å². The van der Waals surface area contributed by atoms with Crippen LogP contribution >= 0.6 is 0 Å². The summed E-state index contributed by atoms with van der Waals surface area (Å²) in [6, 6.07) is 0. The van der Waals surface area contributed by atoms with Crippen LogP contribution < -0.4 is 0 Å². The zero-order chi connectivity index (χ0) is 16.8. The lowest BCUT2D eigenvalue weighted by Crippen LogP contribution is -2.32. The van der Waals surface area contributed by atoms with Crippen molar-refractivity contribution in [2.75, 3.05) is 0 Å². The second kappa shape index (κ2) is 9.42. The van der Waals surface area contributed by atoms with Gasteiger partial charge in [-0.25, -0.2) is 4.39 Å². The van der Waals surface area contributed by atoms with Gasteiger partial charge in [0.1, 0.15) is 6.17 Å². The molecule has 3 aliphatic rings. The minimum absolute atomic E-state index is 0.321. The Balaban J connectivity index is 0.000000924. The smallest absolute Gasteiger partial charge is 0.103 e. The Bertz CT molecular complexity index is 310. The average Bonchev–Trinajstić information content (AvgIpc) is 2.60. The summed E-state index contributed by atoms with van der Waals surface area (Å²) in [6.45, 7) is 8.52. The lowest BCUT2D eigenvalue weighted by molar-refractivity contribution is 0.0700. The van der Waals surface area contributed by atoms with Crippen LogP contribution in [-0.2, 0) is 0 Å². The highest BCUT2D eigenvalue weighted by Gasteiger charge is 2.36. The summed E-state index contributed by atoms with van der Waals surface area (Å²) in [6.07, 6.45) is 14.4. The third kappa shape index (κ3) is 5.20. The highest BCUT2D eigenvalue weighted by molar-refractivity contribution is 4.87. The SMILES string of the molecule is CC.CC1CCC(C2CCC(C3CCC(C)C(F)C3)CC2)CC1. The topological polar surface area (TPSA) is 0 Å². The number of halogens is 1. The van der Waals surface area contributed by atoms with E-state index in [4.69, 9.17) is 0 Å². The fraction of sp³-hybridized carbons (Fsp3) is 1.00. The minimum atomic E-state index is -0.513. The van der Waals surface area contributed by atoms with E-state index in [0.717, 1.165) is 36.5 Å². The van der Waals surface area contributed by atoms with Crippen molar-refractivity contribution in [2.24, 2.45) is 35.5 Å². The highest BCUT2D eigenvalue weighted by atomic mass is 19.1. The molecule has 0 amide bonds. The molecule has 0 aliphatic heterocycles. The van der Waals surface area contributed by atoms with Crippen LogP contribution in [0.25, 0.3) is 0 Å². The van der Waals surface area contributed by atoms with Crippen molar-refractivity contribution in [2.45, 2.75) is 104 Å². The van der Waals surface area contributed by atoms with Crippen molar-refractivity contribution in [3.63, 3.8) is 0 Å². The van der Waals surface area contributed by atoms with Gasteiger partial charge in [0.25, 0.3) is 0 Å². The maximum absolute atomic E-state index is 14.0. The molecular formula is C22H41F. The molecule has 3 rings (SSSR count). The molecule has 3 aliphatic carbocycles. The van der Waals surface area contributed by atoms with Gasteiger partial charge in [0.05, 0.1) is 0 Å². The molecule has 0 N–H and O–H groups in total. The van der Waals surface area contributed by atoms with E-state index in [1.165, 1.54) is 57.8 Å². The quantitative estimate of drug-likeness (QED) is 0.495.